The van der Waals surface area contributed by atoms with Crippen LogP contribution in [0.2, 0.25) is 5.02 Å². The number of hydrogen-bond acceptors (Lipinski definition) is 2. The van der Waals surface area contributed by atoms with Gasteiger partial charge < -0.3 is 5.32 Å². The van der Waals surface area contributed by atoms with Crippen LogP contribution in [0.3, 0.4) is 0 Å². The number of rotatable bonds is 5. The number of thioether (sulfide) groups is 1. The summed E-state index contributed by atoms with van der Waals surface area (Å²) in [5, 5.41) is 3.55. The molecule has 0 aromatic heterocycles. The largest absolute Gasteiger partial charge is 0.325 e. The Bertz CT molecular complexity index is 601. The van der Waals surface area contributed by atoms with Crippen molar-refractivity contribution < 1.29 is 4.79 Å². The lowest BCUT2D eigenvalue weighted by Gasteiger charge is -2.15. The average Bonchev–Trinajstić information content (AvgIpc) is 2.49. The summed E-state index contributed by atoms with van der Waals surface area (Å²) >= 11 is 9.67. The van der Waals surface area contributed by atoms with Gasteiger partial charge in [-0.2, -0.15) is 0 Å². The van der Waals surface area contributed by atoms with Crippen LogP contribution in [-0.2, 0) is 4.79 Å². The average molecular weight is 432 g/mol. The van der Waals surface area contributed by atoms with Gasteiger partial charge in [-0.25, -0.2) is 0 Å². The lowest BCUT2D eigenvalue weighted by Crippen LogP contribution is -2.24. The van der Waals surface area contributed by atoms with E-state index in [2.05, 4.69) is 27.9 Å². The third kappa shape index (κ3) is 5.20. The number of carbonyl (C=O) groups excluding carboxylic acids is 1. The smallest absolute Gasteiger partial charge is 0.237 e. The van der Waals surface area contributed by atoms with Gasteiger partial charge in [0.05, 0.1) is 5.25 Å². The van der Waals surface area contributed by atoms with E-state index >= 15 is 0 Å². The number of carbonyl (C=O) groups is 1. The van der Waals surface area contributed by atoms with Crippen LogP contribution in [0.15, 0.2) is 53.4 Å². The van der Waals surface area contributed by atoms with Crippen molar-refractivity contribution in [2.45, 2.75) is 23.5 Å². The van der Waals surface area contributed by atoms with Crippen LogP contribution in [0.5, 0.6) is 0 Å². The van der Waals surface area contributed by atoms with Crippen LogP contribution >= 0.6 is 46.0 Å². The predicted octanol–water partition coefficient (Wildman–Crippen LogP) is 5.45. The first-order chi connectivity index (χ1) is 10.1. The van der Waals surface area contributed by atoms with Crippen molar-refractivity contribution in [3.05, 3.63) is 57.1 Å². The van der Waals surface area contributed by atoms with Crippen molar-refractivity contribution in [1.82, 2.24) is 0 Å². The van der Waals surface area contributed by atoms with E-state index in [0.717, 1.165) is 20.6 Å². The predicted molar refractivity (Wildman–Crippen MR) is 99.2 cm³/mol. The second-order valence-corrected chi connectivity index (χ2v) is 7.42. The fraction of sp³-hybridized carbons (Fsp3) is 0.188. The Kier molecular flexibility index (Phi) is 6.39. The Hall–Kier alpha value is -0.720. The maximum Gasteiger partial charge on any atom is 0.237 e. The van der Waals surface area contributed by atoms with Gasteiger partial charge in [0.2, 0.25) is 5.91 Å². The molecule has 0 saturated carbocycles. The number of nitrogens with one attached hydrogen (secondary N) is 1. The van der Waals surface area contributed by atoms with Crippen LogP contribution in [0.25, 0.3) is 0 Å². The van der Waals surface area contributed by atoms with E-state index in [1.165, 1.54) is 0 Å². The Balaban J connectivity index is 2.01. The number of halogens is 2. The molecule has 0 aliphatic rings. The molecule has 0 heterocycles. The molecule has 5 heteroatoms. The van der Waals surface area contributed by atoms with Crippen molar-refractivity contribution in [3.63, 3.8) is 0 Å². The summed E-state index contributed by atoms with van der Waals surface area (Å²) in [6, 6.07) is 15.3. The maximum atomic E-state index is 12.3. The number of amides is 1. The highest BCUT2D eigenvalue weighted by Crippen LogP contribution is 2.27. The topological polar surface area (TPSA) is 29.1 Å². The SMILES string of the molecule is CC[C@@H](Sc1ccc(Cl)cc1)C(=O)Nc1ccc(I)cc1. The van der Waals surface area contributed by atoms with E-state index in [1.807, 2.05) is 55.5 Å². The highest BCUT2D eigenvalue weighted by Gasteiger charge is 2.18. The zero-order valence-electron chi connectivity index (χ0n) is 11.5. The lowest BCUT2D eigenvalue weighted by atomic mass is 10.3. The lowest BCUT2D eigenvalue weighted by molar-refractivity contribution is -0.115. The van der Waals surface area contributed by atoms with Crippen molar-refractivity contribution in [2.75, 3.05) is 5.32 Å². The van der Waals surface area contributed by atoms with Gasteiger partial charge in [-0.3, -0.25) is 4.79 Å². The molecule has 0 aliphatic heterocycles. The van der Waals surface area contributed by atoms with E-state index < -0.39 is 0 Å². The summed E-state index contributed by atoms with van der Waals surface area (Å²) in [5.74, 6) is 0.0265. The van der Waals surface area contributed by atoms with Crippen molar-refractivity contribution in [1.29, 1.82) is 0 Å². The summed E-state index contributed by atoms with van der Waals surface area (Å²) < 4.78 is 1.15. The van der Waals surface area contributed by atoms with Gasteiger partial charge in [0.25, 0.3) is 0 Å². The molecule has 2 aromatic carbocycles. The molecule has 0 radical (unpaired) electrons. The Labute approximate surface area is 147 Å². The number of anilines is 1. The molecule has 0 fully saturated rings. The third-order valence-electron chi connectivity index (χ3n) is 2.87. The molecule has 0 aliphatic carbocycles. The molecule has 21 heavy (non-hydrogen) atoms. The summed E-state index contributed by atoms with van der Waals surface area (Å²) in [6.45, 7) is 2.01. The van der Waals surface area contributed by atoms with Crippen LogP contribution in [-0.4, -0.2) is 11.2 Å². The minimum absolute atomic E-state index is 0.0265. The van der Waals surface area contributed by atoms with Gasteiger partial charge >= 0.3 is 0 Å². The first-order valence-corrected chi connectivity index (χ1v) is 8.91. The third-order valence-corrected chi connectivity index (χ3v) is 5.21. The summed E-state index contributed by atoms with van der Waals surface area (Å²) in [5.41, 5.74) is 0.829. The molecule has 110 valence electrons. The molecule has 0 bridgehead atoms. The molecule has 1 N–H and O–H groups in total. The van der Waals surface area contributed by atoms with Gasteiger partial charge in [-0.05, 0) is 77.5 Å². The van der Waals surface area contributed by atoms with Gasteiger partial charge in [0.15, 0.2) is 0 Å². The minimum Gasteiger partial charge on any atom is -0.325 e. The molecular weight excluding hydrogens is 417 g/mol. The molecule has 2 aromatic rings. The molecule has 1 atom stereocenters. The van der Waals surface area contributed by atoms with Crippen LogP contribution in [0, 0.1) is 3.57 Å². The molecule has 0 saturated heterocycles. The Morgan fingerprint density at radius 1 is 1.19 bits per heavy atom. The Morgan fingerprint density at radius 3 is 2.38 bits per heavy atom. The van der Waals surface area contributed by atoms with Crippen LogP contribution in [0.4, 0.5) is 5.69 Å². The standard InChI is InChI=1S/C16H15ClINOS/c1-2-15(21-14-9-3-11(17)4-10-14)16(20)19-13-7-5-12(18)6-8-13/h3-10,15H,2H2,1H3,(H,19,20)/t15-/m1/s1. The summed E-state index contributed by atoms with van der Waals surface area (Å²) in [6.07, 6.45) is 0.767. The minimum atomic E-state index is -0.120. The zero-order valence-corrected chi connectivity index (χ0v) is 15.2. The van der Waals surface area contributed by atoms with E-state index in [0.29, 0.717) is 5.02 Å². The zero-order chi connectivity index (χ0) is 15.2. The van der Waals surface area contributed by atoms with Crippen molar-refractivity contribution in [2.24, 2.45) is 0 Å². The fourth-order valence-electron chi connectivity index (χ4n) is 1.76. The van der Waals surface area contributed by atoms with Gasteiger partial charge in [0, 0.05) is 19.2 Å². The first-order valence-electron chi connectivity index (χ1n) is 6.57. The van der Waals surface area contributed by atoms with Gasteiger partial charge in [0.1, 0.15) is 0 Å². The normalized spacial score (nSPS) is 12.0. The second-order valence-electron chi connectivity index (χ2n) is 4.46. The van der Waals surface area contributed by atoms with Gasteiger partial charge in [-0.1, -0.05) is 18.5 Å². The van der Waals surface area contributed by atoms with E-state index in [1.54, 1.807) is 11.8 Å². The highest BCUT2D eigenvalue weighted by molar-refractivity contribution is 14.1. The highest BCUT2D eigenvalue weighted by atomic mass is 127. The second kappa shape index (κ2) is 8.06. The number of hydrogen-bond donors (Lipinski definition) is 1. The quantitative estimate of drug-likeness (QED) is 0.503. The van der Waals surface area contributed by atoms with E-state index in [4.69, 9.17) is 11.6 Å². The van der Waals surface area contributed by atoms with Crippen LogP contribution < -0.4 is 5.32 Å². The molecular formula is C16H15ClINOS. The first kappa shape index (κ1) is 16.6. The molecule has 2 nitrogen and oxygen atoms in total. The molecule has 1 amide bonds. The molecule has 0 unspecified atom stereocenters. The summed E-state index contributed by atoms with van der Waals surface area (Å²) in [4.78, 5) is 13.4. The van der Waals surface area contributed by atoms with E-state index in [-0.39, 0.29) is 11.2 Å². The molecule has 2 rings (SSSR count). The van der Waals surface area contributed by atoms with Crippen molar-refractivity contribution in [3.8, 4) is 0 Å². The molecule has 0 spiro atoms. The van der Waals surface area contributed by atoms with Crippen molar-refractivity contribution >= 4 is 57.5 Å². The Morgan fingerprint density at radius 2 is 1.81 bits per heavy atom. The van der Waals surface area contributed by atoms with Crippen LogP contribution in [0.1, 0.15) is 13.3 Å². The number of benzene rings is 2. The summed E-state index contributed by atoms with van der Waals surface area (Å²) in [7, 11) is 0. The monoisotopic (exact) mass is 431 g/mol. The van der Waals surface area contributed by atoms with E-state index in [9.17, 15) is 4.79 Å². The maximum absolute atomic E-state index is 12.3. The fourth-order valence-corrected chi connectivity index (χ4v) is 3.20. The van der Waals surface area contributed by atoms with Gasteiger partial charge in [-0.15, -0.1) is 11.8 Å².